The summed E-state index contributed by atoms with van der Waals surface area (Å²) >= 11 is 1.74. The monoisotopic (exact) mass is 367 g/mol. The van der Waals surface area contributed by atoms with Crippen molar-refractivity contribution in [3.63, 3.8) is 0 Å². The molecule has 0 radical (unpaired) electrons. The maximum absolute atomic E-state index is 12.5. The molecule has 134 valence electrons. The van der Waals surface area contributed by atoms with Gasteiger partial charge in [-0.05, 0) is 49.9 Å². The fourth-order valence-electron chi connectivity index (χ4n) is 2.97. The average molecular weight is 367 g/mol. The largest absolute Gasteiger partial charge is 0.454 e. The molecule has 0 unspecified atom stereocenters. The Labute approximate surface area is 157 Å². The SMILES string of the molecule is Cc1cc(C(=O)COC(=O)c2ccccc2)c(C)n1CCc1cccs1. The molecule has 4 nitrogen and oxygen atoms in total. The van der Waals surface area contributed by atoms with E-state index in [0.29, 0.717) is 11.1 Å². The van der Waals surface area contributed by atoms with Crippen molar-refractivity contribution in [1.82, 2.24) is 4.57 Å². The second-order valence-corrected chi connectivity index (χ2v) is 7.16. The number of nitrogens with zero attached hydrogens (tertiary/aromatic N) is 1. The van der Waals surface area contributed by atoms with E-state index in [1.807, 2.05) is 32.0 Å². The Balaban J connectivity index is 1.64. The first-order valence-electron chi connectivity index (χ1n) is 8.50. The van der Waals surface area contributed by atoms with E-state index in [2.05, 4.69) is 16.0 Å². The molecule has 2 aromatic heterocycles. The minimum absolute atomic E-state index is 0.176. The first-order valence-corrected chi connectivity index (χ1v) is 9.38. The van der Waals surface area contributed by atoms with Crippen LogP contribution in [0, 0.1) is 13.8 Å². The summed E-state index contributed by atoms with van der Waals surface area (Å²) in [5.74, 6) is -0.657. The molecule has 0 aliphatic carbocycles. The van der Waals surface area contributed by atoms with Crippen LogP contribution in [0.5, 0.6) is 0 Å². The molecule has 0 aliphatic rings. The van der Waals surface area contributed by atoms with Crippen molar-refractivity contribution >= 4 is 23.1 Å². The van der Waals surface area contributed by atoms with Crippen molar-refractivity contribution in [2.45, 2.75) is 26.8 Å². The lowest BCUT2D eigenvalue weighted by Gasteiger charge is -2.09. The van der Waals surface area contributed by atoms with Gasteiger partial charge in [0.25, 0.3) is 0 Å². The number of carbonyl (C=O) groups is 2. The maximum Gasteiger partial charge on any atom is 0.338 e. The zero-order valence-electron chi connectivity index (χ0n) is 14.9. The van der Waals surface area contributed by atoms with Gasteiger partial charge in [-0.3, -0.25) is 4.79 Å². The summed E-state index contributed by atoms with van der Waals surface area (Å²) in [6, 6.07) is 14.7. The van der Waals surface area contributed by atoms with E-state index in [0.717, 1.165) is 24.4 Å². The summed E-state index contributed by atoms with van der Waals surface area (Å²) in [5.41, 5.74) is 3.02. The third-order valence-corrected chi connectivity index (χ3v) is 5.32. The summed E-state index contributed by atoms with van der Waals surface area (Å²) in [4.78, 5) is 25.8. The standard InChI is InChI=1S/C21H21NO3S/c1-15-13-19(16(2)22(15)11-10-18-9-6-12-26-18)20(23)14-25-21(24)17-7-4-3-5-8-17/h3-9,12-13H,10-11,14H2,1-2H3. The lowest BCUT2D eigenvalue weighted by molar-refractivity contribution is 0.0474. The molecule has 26 heavy (non-hydrogen) atoms. The maximum atomic E-state index is 12.5. The highest BCUT2D eigenvalue weighted by Crippen LogP contribution is 2.18. The van der Waals surface area contributed by atoms with Gasteiger partial charge in [-0.2, -0.15) is 0 Å². The van der Waals surface area contributed by atoms with E-state index in [4.69, 9.17) is 4.74 Å². The third-order valence-electron chi connectivity index (χ3n) is 4.38. The molecule has 2 heterocycles. The predicted octanol–water partition coefficient (Wildman–Crippen LogP) is 4.45. The Morgan fingerprint density at radius 3 is 2.54 bits per heavy atom. The summed E-state index contributed by atoms with van der Waals surface area (Å²) < 4.78 is 7.32. The van der Waals surface area contributed by atoms with Crippen LogP contribution in [0.4, 0.5) is 0 Å². The minimum Gasteiger partial charge on any atom is -0.454 e. The van der Waals surface area contributed by atoms with Crippen LogP contribution in [0.15, 0.2) is 53.9 Å². The lowest BCUT2D eigenvalue weighted by Crippen LogP contribution is -2.15. The zero-order valence-corrected chi connectivity index (χ0v) is 15.7. The van der Waals surface area contributed by atoms with Crippen LogP contribution >= 0.6 is 11.3 Å². The van der Waals surface area contributed by atoms with E-state index >= 15 is 0 Å². The fourth-order valence-corrected chi connectivity index (χ4v) is 3.67. The molecule has 0 saturated heterocycles. The predicted molar refractivity (Wildman–Crippen MR) is 103 cm³/mol. The van der Waals surface area contributed by atoms with Gasteiger partial charge < -0.3 is 9.30 Å². The molecule has 0 N–H and O–H groups in total. The van der Waals surface area contributed by atoms with Crippen molar-refractivity contribution < 1.29 is 14.3 Å². The first-order chi connectivity index (χ1) is 12.6. The third kappa shape index (κ3) is 4.11. The van der Waals surface area contributed by atoms with Gasteiger partial charge in [0.1, 0.15) is 0 Å². The molecule has 0 aliphatic heterocycles. The smallest absolute Gasteiger partial charge is 0.338 e. The van der Waals surface area contributed by atoms with Crippen LogP contribution in [-0.2, 0) is 17.7 Å². The quantitative estimate of drug-likeness (QED) is 0.458. The minimum atomic E-state index is -0.481. The van der Waals surface area contributed by atoms with Gasteiger partial charge in [0.05, 0.1) is 5.56 Å². The highest BCUT2D eigenvalue weighted by molar-refractivity contribution is 7.09. The number of aryl methyl sites for hydroxylation is 2. The topological polar surface area (TPSA) is 48.3 Å². The molecule has 0 fully saturated rings. The molecule has 0 spiro atoms. The number of carbonyl (C=O) groups excluding carboxylic acids is 2. The highest BCUT2D eigenvalue weighted by atomic mass is 32.1. The van der Waals surface area contributed by atoms with Crippen molar-refractivity contribution in [1.29, 1.82) is 0 Å². The van der Waals surface area contributed by atoms with Gasteiger partial charge in [0, 0.05) is 28.4 Å². The van der Waals surface area contributed by atoms with Crippen LogP contribution in [0.2, 0.25) is 0 Å². The second-order valence-electron chi connectivity index (χ2n) is 6.13. The highest BCUT2D eigenvalue weighted by Gasteiger charge is 2.17. The first kappa shape index (κ1) is 18.1. The van der Waals surface area contributed by atoms with E-state index in [-0.39, 0.29) is 12.4 Å². The molecule has 3 rings (SSSR count). The summed E-state index contributed by atoms with van der Waals surface area (Å²) in [7, 11) is 0. The average Bonchev–Trinajstić information content (AvgIpc) is 3.27. The molecular weight excluding hydrogens is 346 g/mol. The molecule has 0 amide bonds. The van der Waals surface area contributed by atoms with Gasteiger partial charge in [0.2, 0.25) is 5.78 Å². The number of ether oxygens (including phenoxy) is 1. The Hall–Kier alpha value is -2.66. The van der Waals surface area contributed by atoms with Crippen LogP contribution in [0.1, 0.15) is 37.0 Å². The van der Waals surface area contributed by atoms with E-state index < -0.39 is 5.97 Å². The summed E-state index contributed by atoms with van der Waals surface area (Å²) in [6.07, 6.45) is 0.935. The molecule has 5 heteroatoms. The number of benzene rings is 1. The number of aromatic nitrogens is 1. The number of rotatable bonds is 7. The van der Waals surface area contributed by atoms with Crippen molar-refractivity contribution in [3.05, 3.63) is 81.3 Å². The van der Waals surface area contributed by atoms with Crippen LogP contribution in [0.25, 0.3) is 0 Å². The van der Waals surface area contributed by atoms with Crippen LogP contribution < -0.4 is 0 Å². The van der Waals surface area contributed by atoms with Crippen molar-refractivity contribution in [2.75, 3.05) is 6.61 Å². The summed E-state index contributed by atoms with van der Waals surface area (Å²) in [5, 5.41) is 2.07. The Bertz CT molecular complexity index is 895. The summed E-state index contributed by atoms with van der Waals surface area (Å²) in [6.45, 7) is 4.51. The molecule has 3 aromatic rings. The van der Waals surface area contributed by atoms with Gasteiger partial charge >= 0.3 is 5.97 Å². The van der Waals surface area contributed by atoms with Crippen molar-refractivity contribution in [3.8, 4) is 0 Å². The Morgan fingerprint density at radius 2 is 1.85 bits per heavy atom. The molecule has 0 saturated carbocycles. The number of Topliss-reactive ketones (excluding diaryl/α,β-unsaturated/α-hetero) is 1. The van der Waals surface area contributed by atoms with E-state index in [9.17, 15) is 9.59 Å². The molecule has 0 atom stereocenters. The van der Waals surface area contributed by atoms with Gasteiger partial charge in [0.15, 0.2) is 6.61 Å². The van der Waals surface area contributed by atoms with E-state index in [1.54, 1.807) is 35.6 Å². The number of esters is 1. The zero-order chi connectivity index (χ0) is 18.5. The van der Waals surface area contributed by atoms with E-state index in [1.165, 1.54) is 4.88 Å². The van der Waals surface area contributed by atoms with Crippen molar-refractivity contribution in [2.24, 2.45) is 0 Å². The fraction of sp³-hybridized carbons (Fsp3) is 0.238. The van der Waals surface area contributed by atoms with Gasteiger partial charge in [-0.15, -0.1) is 11.3 Å². The van der Waals surface area contributed by atoms with Gasteiger partial charge in [-0.1, -0.05) is 24.3 Å². The lowest BCUT2D eigenvalue weighted by atomic mass is 10.1. The number of hydrogen-bond donors (Lipinski definition) is 0. The molecule has 1 aromatic carbocycles. The second kappa shape index (κ2) is 8.15. The number of hydrogen-bond acceptors (Lipinski definition) is 4. The normalized spacial score (nSPS) is 10.7. The molecular formula is C21H21NO3S. The van der Waals surface area contributed by atoms with Gasteiger partial charge in [-0.25, -0.2) is 4.79 Å². The molecule has 0 bridgehead atoms. The number of ketones is 1. The Kier molecular flexibility index (Phi) is 5.68. The number of thiophene rings is 1. The van der Waals surface area contributed by atoms with Crippen LogP contribution in [0.3, 0.4) is 0 Å². The van der Waals surface area contributed by atoms with Crippen LogP contribution in [-0.4, -0.2) is 22.9 Å². The Morgan fingerprint density at radius 1 is 1.08 bits per heavy atom.